The van der Waals surface area contributed by atoms with E-state index in [-0.39, 0.29) is 42.2 Å². The van der Waals surface area contributed by atoms with Crippen LogP contribution >= 0.6 is 0 Å². The number of hydrogen-bond donors (Lipinski definition) is 1. The molecule has 3 aromatic rings. The minimum Gasteiger partial charge on any atom is -0.497 e. The highest BCUT2D eigenvalue weighted by Crippen LogP contribution is 2.33. The molecule has 0 aliphatic carbocycles. The molecule has 214 valence electrons. The molecule has 41 heavy (non-hydrogen) atoms. The second-order valence-electron chi connectivity index (χ2n) is 11.0. The monoisotopic (exact) mass is 558 g/mol. The molecule has 7 nitrogen and oxygen atoms in total. The van der Waals surface area contributed by atoms with Gasteiger partial charge >= 0.3 is 0 Å². The van der Waals surface area contributed by atoms with Gasteiger partial charge in [-0.15, -0.1) is 0 Å². The van der Waals surface area contributed by atoms with Crippen molar-refractivity contribution < 1.29 is 28.5 Å². The van der Waals surface area contributed by atoms with Gasteiger partial charge in [-0.2, -0.15) is 0 Å². The Labute approximate surface area is 239 Å². The van der Waals surface area contributed by atoms with Crippen LogP contribution in [0.3, 0.4) is 0 Å². The summed E-state index contributed by atoms with van der Waals surface area (Å²) < 4.78 is 32.6. The Morgan fingerprint density at radius 2 is 1.76 bits per heavy atom. The fraction of sp³-hybridized carbons (Fsp3) is 0.394. The maximum atomic E-state index is 15.1. The van der Waals surface area contributed by atoms with Gasteiger partial charge in [0.15, 0.2) is 0 Å². The van der Waals surface area contributed by atoms with Gasteiger partial charge in [0.1, 0.15) is 23.7 Å². The van der Waals surface area contributed by atoms with E-state index in [1.54, 1.807) is 0 Å². The number of pyridine rings is 1. The van der Waals surface area contributed by atoms with Crippen LogP contribution in [0.5, 0.6) is 0 Å². The molecule has 2 unspecified atom stereocenters. The zero-order chi connectivity index (χ0) is 28.5. The van der Waals surface area contributed by atoms with E-state index in [1.807, 2.05) is 73.4 Å². The molecular formula is C33H35FN2O5. The topological polar surface area (TPSA) is 81.1 Å². The number of hydrogen-bond acceptors (Lipinski definition) is 6. The van der Waals surface area contributed by atoms with Crippen molar-refractivity contribution in [3.05, 3.63) is 77.4 Å². The molecule has 8 heteroatoms. The van der Waals surface area contributed by atoms with E-state index in [0.717, 1.165) is 41.1 Å². The summed E-state index contributed by atoms with van der Waals surface area (Å²) in [5.41, 5.74) is 5.29. The highest BCUT2D eigenvalue weighted by atomic mass is 19.1. The maximum Gasteiger partial charge on any atom is 0.227 e. The molecule has 4 atom stereocenters. The van der Waals surface area contributed by atoms with Crippen molar-refractivity contribution in [1.29, 1.82) is 0 Å². The molecule has 1 aromatic heterocycles. The summed E-state index contributed by atoms with van der Waals surface area (Å²) >= 11 is 0. The van der Waals surface area contributed by atoms with Gasteiger partial charge in [0.25, 0.3) is 0 Å². The summed E-state index contributed by atoms with van der Waals surface area (Å²) in [5.74, 6) is 0.580. The standard InChI is InChI=1S/C33H35FN2O5/c1-3-26(39-17-24-18-40-33-29(37)19-41-32(24)33)16-28-20(2)15-27(34)31(35-28)23-8-6-21(7-9-23)22-10-12-25(13-11-22)36-14-4-5-30(36)38/h6-13,15-16,24,29,32-33,37H,3-5,14,17-19H2,1-2H3/b26-16+/t24?,29?,32-,33-/m1/s1. The normalized spacial score (nSPS) is 24.2. The number of rotatable bonds is 8. The smallest absolute Gasteiger partial charge is 0.227 e. The Morgan fingerprint density at radius 3 is 2.44 bits per heavy atom. The molecule has 0 bridgehead atoms. The molecule has 6 rings (SSSR count). The maximum absolute atomic E-state index is 15.1. The van der Waals surface area contributed by atoms with Gasteiger partial charge in [-0.05, 0) is 48.2 Å². The molecule has 3 aliphatic rings. The number of ether oxygens (including phenoxy) is 3. The van der Waals surface area contributed by atoms with Crippen molar-refractivity contribution >= 4 is 17.7 Å². The number of allylic oxidation sites excluding steroid dienone is 1. The zero-order valence-corrected chi connectivity index (χ0v) is 23.4. The first-order valence-electron chi connectivity index (χ1n) is 14.3. The molecule has 0 saturated carbocycles. The predicted octanol–water partition coefficient (Wildman–Crippen LogP) is 5.53. The fourth-order valence-electron chi connectivity index (χ4n) is 5.83. The Hall–Kier alpha value is -3.59. The molecule has 4 heterocycles. The summed E-state index contributed by atoms with van der Waals surface area (Å²) in [4.78, 5) is 18.6. The van der Waals surface area contributed by atoms with Gasteiger partial charge in [0.05, 0.1) is 37.4 Å². The second-order valence-corrected chi connectivity index (χ2v) is 11.0. The van der Waals surface area contributed by atoms with Crippen LogP contribution in [0.15, 0.2) is 60.4 Å². The SMILES string of the molecule is CC/C(=C\c1nc(-c2ccc(-c3ccc(N4CCCC4=O)cc3)cc2)c(F)cc1C)OCC1CO[C@@H]2C(O)CO[C@H]12. The van der Waals surface area contributed by atoms with Crippen LogP contribution in [-0.2, 0) is 19.0 Å². The van der Waals surface area contributed by atoms with Gasteiger partial charge in [0, 0.05) is 42.6 Å². The molecule has 0 radical (unpaired) electrons. The Kier molecular flexibility index (Phi) is 7.88. The largest absolute Gasteiger partial charge is 0.497 e. The van der Waals surface area contributed by atoms with Gasteiger partial charge in [-0.1, -0.05) is 43.3 Å². The van der Waals surface area contributed by atoms with Crippen LogP contribution in [0.2, 0.25) is 0 Å². The van der Waals surface area contributed by atoms with Gasteiger partial charge in [-0.3, -0.25) is 4.79 Å². The summed E-state index contributed by atoms with van der Waals surface area (Å²) in [5, 5.41) is 9.98. The predicted molar refractivity (Wildman–Crippen MR) is 155 cm³/mol. The number of benzene rings is 2. The van der Waals surface area contributed by atoms with Gasteiger partial charge < -0.3 is 24.2 Å². The highest BCUT2D eigenvalue weighted by Gasteiger charge is 2.47. The highest BCUT2D eigenvalue weighted by molar-refractivity contribution is 5.95. The van der Waals surface area contributed by atoms with Crippen LogP contribution in [0.1, 0.15) is 37.4 Å². The number of halogens is 1. The average Bonchev–Trinajstić information content (AvgIpc) is 3.70. The van der Waals surface area contributed by atoms with Gasteiger partial charge in [-0.25, -0.2) is 9.37 Å². The lowest BCUT2D eigenvalue weighted by Crippen LogP contribution is -2.30. The number of amides is 1. The number of aliphatic hydroxyl groups excluding tert-OH is 1. The van der Waals surface area contributed by atoms with Crippen molar-refractivity contribution in [3.63, 3.8) is 0 Å². The van der Waals surface area contributed by atoms with E-state index in [2.05, 4.69) is 4.98 Å². The number of carbonyl (C=O) groups is 1. The number of carbonyl (C=O) groups excluding carboxylic acids is 1. The van der Waals surface area contributed by atoms with Crippen LogP contribution in [0, 0.1) is 18.7 Å². The first kappa shape index (κ1) is 27.6. The molecule has 0 spiro atoms. The van der Waals surface area contributed by atoms with Crippen molar-refractivity contribution in [1.82, 2.24) is 4.98 Å². The van der Waals surface area contributed by atoms with Gasteiger partial charge in [0.2, 0.25) is 5.91 Å². The second kappa shape index (κ2) is 11.7. The zero-order valence-electron chi connectivity index (χ0n) is 23.4. The molecule has 3 fully saturated rings. The fourth-order valence-corrected chi connectivity index (χ4v) is 5.83. The third kappa shape index (κ3) is 5.64. The summed E-state index contributed by atoms with van der Waals surface area (Å²) in [6.45, 7) is 5.80. The Bertz CT molecular complexity index is 1440. The van der Waals surface area contributed by atoms with E-state index >= 15 is 4.39 Å². The van der Waals surface area contributed by atoms with Crippen LogP contribution in [0.4, 0.5) is 10.1 Å². The first-order chi connectivity index (χ1) is 19.9. The molecule has 3 saturated heterocycles. The molecule has 3 aliphatic heterocycles. The van der Waals surface area contributed by atoms with Crippen LogP contribution in [-0.4, -0.2) is 60.7 Å². The summed E-state index contributed by atoms with van der Waals surface area (Å²) in [6.07, 6.45) is 3.00. The van der Waals surface area contributed by atoms with E-state index in [9.17, 15) is 9.90 Å². The Balaban J connectivity index is 1.17. The number of aromatic nitrogens is 1. The number of aliphatic hydroxyl groups is 1. The average molecular weight is 559 g/mol. The lowest BCUT2D eigenvalue weighted by Gasteiger charge is -2.18. The third-order valence-electron chi connectivity index (χ3n) is 8.21. The van der Waals surface area contributed by atoms with Crippen molar-refractivity contribution in [2.75, 3.05) is 31.3 Å². The number of fused-ring (bicyclic) bond motifs is 1. The minimum absolute atomic E-state index is 0.0439. The van der Waals surface area contributed by atoms with Crippen LogP contribution in [0.25, 0.3) is 28.5 Å². The van der Waals surface area contributed by atoms with Crippen molar-refractivity contribution in [2.45, 2.75) is 51.4 Å². The minimum atomic E-state index is -0.586. The quantitative estimate of drug-likeness (QED) is 0.366. The number of aryl methyl sites for hydroxylation is 1. The first-order valence-corrected chi connectivity index (χ1v) is 14.3. The van der Waals surface area contributed by atoms with E-state index in [1.165, 1.54) is 6.07 Å². The summed E-state index contributed by atoms with van der Waals surface area (Å²) in [7, 11) is 0. The van der Waals surface area contributed by atoms with Crippen LogP contribution < -0.4 is 4.90 Å². The number of anilines is 1. The summed E-state index contributed by atoms with van der Waals surface area (Å²) in [6, 6.07) is 17.2. The molecule has 1 amide bonds. The molecule has 1 N–H and O–H groups in total. The third-order valence-corrected chi connectivity index (χ3v) is 8.21. The van der Waals surface area contributed by atoms with E-state index in [4.69, 9.17) is 14.2 Å². The van der Waals surface area contributed by atoms with E-state index < -0.39 is 6.10 Å². The molecule has 2 aromatic carbocycles. The number of nitrogens with zero attached hydrogens (tertiary/aromatic N) is 2. The Morgan fingerprint density at radius 1 is 1.07 bits per heavy atom. The molecular weight excluding hydrogens is 523 g/mol. The van der Waals surface area contributed by atoms with Crippen molar-refractivity contribution in [2.24, 2.45) is 5.92 Å². The van der Waals surface area contributed by atoms with Crippen molar-refractivity contribution in [3.8, 4) is 22.4 Å². The lowest BCUT2D eigenvalue weighted by atomic mass is 10.0. The lowest BCUT2D eigenvalue weighted by molar-refractivity contribution is -0.117. The van der Waals surface area contributed by atoms with E-state index in [0.29, 0.717) is 37.3 Å².